The van der Waals surface area contributed by atoms with Gasteiger partial charge in [-0.2, -0.15) is 5.10 Å². The number of amides is 1. The SMILES string of the molecule is COc1ccc(-n2c(SCC(=O)NN=Cc3ccc(C(=O)O)cc3)nnc2-c2ccc(C)cc2)cc1. The zero-order valence-corrected chi connectivity index (χ0v) is 20.4. The van der Waals surface area contributed by atoms with E-state index in [-0.39, 0.29) is 17.2 Å². The van der Waals surface area contributed by atoms with Gasteiger partial charge >= 0.3 is 5.97 Å². The summed E-state index contributed by atoms with van der Waals surface area (Å²) in [5.41, 5.74) is 6.19. The highest BCUT2D eigenvalue weighted by Crippen LogP contribution is 2.29. The van der Waals surface area contributed by atoms with E-state index in [4.69, 9.17) is 9.84 Å². The van der Waals surface area contributed by atoms with Gasteiger partial charge in [0.25, 0.3) is 5.91 Å². The zero-order chi connectivity index (χ0) is 25.5. The molecule has 0 saturated carbocycles. The van der Waals surface area contributed by atoms with Gasteiger partial charge in [0.05, 0.1) is 24.6 Å². The maximum Gasteiger partial charge on any atom is 0.335 e. The molecule has 0 unspecified atom stereocenters. The second-order valence-corrected chi connectivity index (χ2v) is 8.66. The Balaban J connectivity index is 1.48. The summed E-state index contributed by atoms with van der Waals surface area (Å²) in [7, 11) is 1.61. The van der Waals surface area contributed by atoms with Crippen LogP contribution in [0.15, 0.2) is 83.1 Å². The molecule has 0 fully saturated rings. The molecular weight excluding hydrogens is 478 g/mol. The van der Waals surface area contributed by atoms with Crippen molar-refractivity contribution in [1.82, 2.24) is 20.2 Å². The molecule has 2 N–H and O–H groups in total. The van der Waals surface area contributed by atoms with E-state index in [1.165, 1.54) is 30.1 Å². The highest BCUT2D eigenvalue weighted by Gasteiger charge is 2.17. The molecule has 0 radical (unpaired) electrons. The maximum atomic E-state index is 12.4. The van der Waals surface area contributed by atoms with Crippen molar-refractivity contribution in [3.63, 3.8) is 0 Å². The van der Waals surface area contributed by atoms with E-state index in [2.05, 4.69) is 20.7 Å². The molecule has 4 aromatic rings. The molecule has 0 saturated heterocycles. The van der Waals surface area contributed by atoms with Crippen molar-refractivity contribution in [3.8, 4) is 22.8 Å². The number of rotatable bonds is 9. The Hall–Kier alpha value is -4.44. The molecule has 10 heteroatoms. The lowest BCUT2D eigenvalue weighted by molar-refractivity contribution is -0.118. The van der Waals surface area contributed by atoms with E-state index >= 15 is 0 Å². The van der Waals surface area contributed by atoms with Gasteiger partial charge < -0.3 is 9.84 Å². The molecule has 1 amide bonds. The number of carboxylic acid groups (broad SMARTS) is 1. The largest absolute Gasteiger partial charge is 0.497 e. The average molecular weight is 502 g/mol. The predicted octanol–water partition coefficient (Wildman–Crippen LogP) is 4.19. The third-order valence-electron chi connectivity index (χ3n) is 5.17. The number of carboxylic acids is 1. The fourth-order valence-electron chi connectivity index (χ4n) is 3.27. The smallest absolute Gasteiger partial charge is 0.335 e. The van der Waals surface area contributed by atoms with Crippen molar-refractivity contribution in [2.24, 2.45) is 5.10 Å². The molecule has 4 rings (SSSR count). The number of methoxy groups -OCH3 is 1. The summed E-state index contributed by atoms with van der Waals surface area (Å²) in [6.45, 7) is 2.02. The van der Waals surface area contributed by atoms with Crippen LogP contribution in [0.2, 0.25) is 0 Å². The number of aromatic carboxylic acids is 1. The minimum atomic E-state index is -1.00. The van der Waals surface area contributed by atoms with Crippen LogP contribution in [0.5, 0.6) is 5.75 Å². The summed E-state index contributed by atoms with van der Waals surface area (Å²) >= 11 is 1.24. The first-order chi connectivity index (χ1) is 17.4. The van der Waals surface area contributed by atoms with E-state index in [1.54, 1.807) is 19.2 Å². The number of hydrogen-bond acceptors (Lipinski definition) is 7. The summed E-state index contributed by atoms with van der Waals surface area (Å²) in [4.78, 5) is 23.3. The Kier molecular flexibility index (Phi) is 7.76. The molecule has 1 heterocycles. The van der Waals surface area contributed by atoms with Crippen LogP contribution in [0.3, 0.4) is 0 Å². The Morgan fingerprint density at radius 3 is 2.36 bits per heavy atom. The first kappa shape index (κ1) is 24.7. The Morgan fingerprint density at radius 1 is 1.03 bits per heavy atom. The fraction of sp³-hybridized carbons (Fsp3) is 0.115. The quantitative estimate of drug-likeness (QED) is 0.200. The maximum absolute atomic E-state index is 12.4. The molecule has 0 aliphatic rings. The molecule has 0 atom stereocenters. The number of hydrogen-bond donors (Lipinski definition) is 2. The number of nitrogens with zero attached hydrogens (tertiary/aromatic N) is 4. The highest BCUT2D eigenvalue weighted by atomic mass is 32.2. The van der Waals surface area contributed by atoms with Crippen LogP contribution in [0, 0.1) is 6.92 Å². The minimum Gasteiger partial charge on any atom is -0.497 e. The molecule has 182 valence electrons. The third kappa shape index (κ3) is 5.97. The zero-order valence-electron chi connectivity index (χ0n) is 19.6. The van der Waals surface area contributed by atoms with E-state index in [1.807, 2.05) is 60.0 Å². The number of hydrazone groups is 1. The number of nitrogens with one attached hydrogen (secondary N) is 1. The van der Waals surface area contributed by atoms with Crippen molar-refractivity contribution in [2.75, 3.05) is 12.9 Å². The van der Waals surface area contributed by atoms with Crippen LogP contribution < -0.4 is 10.2 Å². The first-order valence-electron chi connectivity index (χ1n) is 10.9. The molecule has 0 aliphatic carbocycles. The summed E-state index contributed by atoms with van der Waals surface area (Å²) < 4.78 is 7.17. The van der Waals surface area contributed by atoms with Crippen LogP contribution in [-0.4, -0.2) is 50.8 Å². The lowest BCUT2D eigenvalue weighted by atomic mass is 10.1. The minimum absolute atomic E-state index is 0.0669. The van der Waals surface area contributed by atoms with Gasteiger partial charge in [0.15, 0.2) is 11.0 Å². The third-order valence-corrected chi connectivity index (χ3v) is 6.10. The monoisotopic (exact) mass is 501 g/mol. The van der Waals surface area contributed by atoms with Crippen molar-refractivity contribution in [1.29, 1.82) is 0 Å². The predicted molar refractivity (Wildman–Crippen MR) is 138 cm³/mol. The van der Waals surface area contributed by atoms with Crippen LogP contribution in [0.4, 0.5) is 0 Å². The summed E-state index contributed by atoms with van der Waals surface area (Å²) in [5.74, 6) is 0.132. The number of aromatic nitrogens is 3. The Morgan fingerprint density at radius 2 is 1.72 bits per heavy atom. The van der Waals surface area contributed by atoms with E-state index < -0.39 is 5.97 Å². The van der Waals surface area contributed by atoms with E-state index in [0.717, 1.165) is 22.6 Å². The molecule has 36 heavy (non-hydrogen) atoms. The standard InChI is InChI=1S/C26H23N5O4S/c1-17-3-7-19(8-4-17)24-29-30-26(31(24)21-11-13-22(35-2)14-12-21)36-16-23(32)28-27-15-18-5-9-20(10-6-18)25(33)34/h3-15H,16H2,1-2H3,(H,28,32)(H,33,34). The van der Waals surface area contributed by atoms with Gasteiger partial charge in [-0.25, -0.2) is 10.2 Å². The lowest BCUT2D eigenvalue weighted by Gasteiger charge is -2.11. The normalized spacial score (nSPS) is 10.9. The van der Waals surface area contributed by atoms with Gasteiger partial charge in [0.2, 0.25) is 0 Å². The number of carbonyl (C=O) groups excluding carboxylic acids is 1. The topological polar surface area (TPSA) is 119 Å². The second-order valence-electron chi connectivity index (χ2n) is 7.71. The summed E-state index contributed by atoms with van der Waals surface area (Å²) in [6, 6.07) is 21.7. The molecule has 9 nitrogen and oxygen atoms in total. The average Bonchev–Trinajstić information content (AvgIpc) is 3.32. The van der Waals surface area contributed by atoms with E-state index in [0.29, 0.717) is 16.5 Å². The Bertz CT molecular complexity index is 1380. The van der Waals surface area contributed by atoms with Crippen molar-refractivity contribution in [3.05, 3.63) is 89.5 Å². The number of benzene rings is 3. The number of thioether (sulfide) groups is 1. The van der Waals surface area contributed by atoms with Gasteiger partial charge in [-0.1, -0.05) is 53.7 Å². The molecule has 0 bridgehead atoms. The van der Waals surface area contributed by atoms with Gasteiger partial charge in [-0.05, 0) is 48.9 Å². The summed E-state index contributed by atoms with van der Waals surface area (Å²) in [6.07, 6.45) is 1.45. The molecule has 3 aromatic carbocycles. The van der Waals surface area contributed by atoms with Gasteiger partial charge in [0.1, 0.15) is 5.75 Å². The Labute approximate surface area is 211 Å². The number of carbonyl (C=O) groups is 2. The van der Waals surface area contributed by atoms with Crippen LogP contribution in [-0.2, 0) is 4.79 Å². The molecule has 0 aliphatic heterocycles. The van der Waals surface area contributed by atoms with Crippen molar-refractivity contribution < 1.29 is 19.4 Å². The fourth-order valence-corrected chi connectivity index (χ4v) is 4.01. The number of aryl methyl sites for hydroxylation is 1. The van der Waals surface area contributed by atoms with Crippen molar-refractivity contribution >= 4 is 29.9 Å². The van der Waals surface area contributed by atoms with Crippen LogP contribution in [0.1, 0.15) is 21.5 Å². The first-order valence-corrected chi connectivity index (χ1v) is 11.9. The number of ether oxygens (including phenoxy) is 1. The second kappa shape index (κ2) is 11.3. The van der Waals surface area contributed by atoms with E-state index in [9.17, 15) is 9.59 Å². The lowest BCUT2D eigenvalue weighted by Crippen LogP contribution is -2.20. The van der Waals surface area contributed by atoms with Gasteiger partial charge in [-0.3, -0.25) is 9.36 Å². The molecule has 0 spiro atoms. The van der Waals surface area contributed by atoms with Crippen LogP contribution >= 0.6 is 11.8 Å². The van der Waals surface area contributed by atoms with Gasteiger partial charge in [0, 0.05) is 11.3 Å². The van der Waals surface area contributed by atoms with Crippen LogP contribution in [0.25, 0.3) is 17.1 Å². The van der Waals surface area contributed by atoms with Gasteiger partial charge in [-0.15, -0.1) is 10.2 Å². The summed E-state index contributed by atoms with van der Waals surface area (Å²) in [5, 5.41) is 22.2. The molecule has 1 aromatic heterocycles. The molecular formula is C26H23N5O4S. The van der Waals surface area contributed by atoms with Crippen molar-refractivity contribution in [2.45, 2.75) is 12.1 Å². The highest BCUT2D eigenvalue weighted by molar-refractivity contribution is 7.99.